The van der Waals surface area contributed by atoms with E-state index in [0.717, 1.165) is 10.8 Å². The Balaban J connectivity index is 3.48. The van der Waals surface area contributed by atoms with Gasteiger partial charge < -0.3 is 5.11 Å². The molecule has 1 unspecified atom stereocenters. The maximum atomic E-state index is 11.8. The SMILES string of the molecule is CCn1cc([N+](=O)[O-])c(=O)n(CC(O)CCl)c1=O. The molecule has 0 saturated carbocycles. The van der Waals surface area contributed by atoms with Crippen molar-refractivity contribution in [1.82, 2.24) is 9.13 Å². The molecule has 100 valence electrons. The summed E-state index contributed by atoms with van der Waals surface area (Å²) in [4.78, 5) is 33.3. The summed E-state index contributed by atoms with van der Waals surface area (Å²) in [6.07, 6.45) is -0.224. The van der Waals surface area contributed by atoms with Crippen molar-refractivity contribution in [2.24, 2.45) is 0 Å². The van der Waals surface area contributed by atoms with Gasteiger partial charge in [0.05, 0.1) is 29.6 Å². The van der Waals surface area contributed by atoms with Gasteiger partial charge in [-0.05, 0) is 6.92 Å². The highest BCUT2D eigenvalue weighted by Crippen LogP contribution is 2.01. The number of alkyl halides is 1. The topological polar surface area (TPSA) is 107 Å². The minimum Gasteiger partial charge on any atom is -0.390 e. The van der Waals surface area contributed by atoms with Crippen molar-refractivity contribution in [3.63, 3.8) is 0 Å². The molecule has 0 aliphatic heterocycles. The van der Waals surface area contributed by atoms with Crippen LogP contribution in [0.2, 0.25) is 0 Å². The van der Waals surface area contributed by atoms with Crippen LogP contribution in [0.3, 0.4) is 0 Å². The van der Waals surface area contributed by atoms with Gasteiger partial charge in [0.25, 0.3) is 0 Å². The zero-order valence-electron chi connectivity index (χ0n) is 9.58. The molecule has 1 heterocycles. The number of hydrogen-bond donors (Lipinski definition) is 1. The number of rotatable bonds is 5. The maximum Gasteiger partial charge on any atom is 0.350 e. The van der Waals surface area contributed by atoms with Gasteiger partial charge in [-0.15, -0.1) is 11.6 Å². The first-order valence-electron chi connectivity index (χ1n) is 5.15. The van der Waals surface area contributed by atoms with Crippen molar-refractivity contribution in [2.75, 3.05) is 5.88 Å². The Morgan fingerprint density at radius 1 is 1.56 bits per heavy atom. The quantitative estimate of drug-likeness (QED) is 0.445. The molecule has 0 saturated heterocycles. The Kier molecular flexibility index (Phi) is 4.62. The van der Waals surface area contributed by atoms with Gasteiger partial charge in [-0.2, -0.15) is 0 Å². The molecular weight excluding hydrogens is 266 g/mol. The highest BCUT2D eigenvalue weighted by molar-refractivity contribution is 6.18. The van der Waals surface area contributed by atoms with Gasteiger partial charge >= 0.3 is 16.9 Å². The zero-order valence-corrected chi connectivity index (χ0v) is 10.3. The number of aliphatic hydroxyl groups excluding tert-OH is 1. The molecule has 0 bridgehead atoms. The molecule has 9 heteroatoms. The monoisotopic (exact) mass is 277 g/mol. The Hall–Kier alpha value is -1.67. The van der Waals surface area contributed by atoms with Crippen LogP contribution in [0, 0.1) is 10.1 Å². The fourth-order valence-corrected chi connectivity index (χ4v) is 1.51. The maximum absolute atomic E-state index is 11.8. The second-order valence-corrected chi connectivity index (χ2v) is 3.87. The third-order valence-corrected chi connectivity index (χ3v) is 2.68. The number of aryl methyl sites for hydroxylation is 1. The molecule has 0 aliphatic carbocycles. The summed E-state index contributed by atoms with van der Waals surface area (Å²) in [6.45, 7) is 1.41. The molecule has 0 spiro atoms. The van der Waals surface area contributed by atoms with E-state index in [-0.39, 0.29) is 19.0 Å². The summed E-state index contributed by atoms with van der Waals surface area (Å²) in [6, 6.07) is 0. The van der Waals surface area contributed by atoms with Crippen LogP contribution in [-0.4, -0.2) is 31.1 Å². The molecule has 1 aromatic rings. The first-order chi connectivity index (χ1) is 8.42. The van der Waals surface area contributed by atoms with E-state index in [4.69, 9.17) is 11.6 Å². The third-order valence-electron chi connectivity index (χ3n) is 2.33. The van der Waals surface area contributed by atoms with Crippen molar-refractivity contribution < 1.29 is 10.0 Å². The molecule has 0 aliphatic rings. The minimum atomic E-state index is -1.12. The van der Waals surface area contributed by atoms with E-state index in [1.807, 2.05) is 0 Å². The van der Waals surface area contributed by atoms with Crippen LogP contribution in [0.15, 0.2) is 15.8 Å². The predicted molar refractivity (Wildman–Crippen MR) is 64.0 cm³/mol. The summed E-state index contributed by atoms with van der Waals surface area (Å²) in [7, 11) is 0. The van der Waals surface area contributed by atoms with Gasteiger partial charge in [0.15, 0.2) is 0 Å². The van der Waals surface area contributed by atoms with Gasteiger partial charge in [-0.1, -0.05) is 0 Å². The second-order valence-electron chi connectivity index (χ2n) is 3.56. The lowest BCUT2D eigenvalue weighted by molar-refractivity contribution is -0.387. The highest BCUT2D eigenvalue weighted by Gasteiger charge is 2.20. The number of nitrogens with zero attached hydrogens (tertiary/aromatic N) is 3. The Morgan fingerprint density at radius 2 is 2.17 bits per heavy atom. The summed E-state index contributed by atoms with van der Waals surface area (Å²) >= 11 is 5.37. The number of aromatic nitrogens is 2. The van der Waals surface area contributed by atoms with Crippen LogP contribution in [-0.2, 0) is 13.1 Å². The highest BCUT2D eigenvalue weighted by atomic mass is 35.5. The van der Waals surface area contributed by atoms with E-state index in [0.29, 0.717) is 4.57 Å². The van der Waals surface area contributed by atoms with Gasteiger partial charge in [0, 0.05) is 6.54 Å². The number of hydrogen-bond acceptors (Lipinski definition) is 5. The average Bonchev–Trinajstić information content (AvgIpc) is 2.33. The molecule has 1 rings (SSSR count). The molecule has 1 N–H and O–H groups in total. The van der Waals surface area contributed by atoms with E-state index in [2.05, 4.69) is 0 Å². The van der Waals surface area contributed by atoms with Crippen molar-refractivity contribution >= 4 is 17.3 Å². The summed E-state index contributed by atoms with van der Waals surface area (Å²) in [5.41, 5.74) is -2.46. The lowest BCUT2D eigenvalue weighted by Gasteiger charge is -2.11. The van der Waals surface area contributed by atoms with E-state index in [9.17, 15) is 24.8 Å². The summed E-state index contributed by atoms with van der Waals surface area (Å²) in [5.74, 6) is -0.180. The van der Waals surface area contributed by atoms with E-state index < -0.39 is 28.0 Å². The Morgan fingerprint density at radius 3 is 2.61 bits per heavy atom. The molecule has 0 fully saturated rings. The molecular formula is C9H12ClN3O5. The van der Waals surface area contributed by atoms with Crippen LogP contribution < -0.4 is 11.2 Å². The molecule has 0 radical (unpaired) electrons. The van der Waals surface area contributed by atoms with Crippen molar-refractivity contribution in [2.45, 2.75) is 26.1 Å². The van der Waals surface area contributed by atoms with Crippen LogP contribution in [0.4, 0.5) is 5.69 Å². The van der Waals surface area contributed by atoms with E-state index >= 15 is 0 Å². The van der Waals surface area contributed by atoms with Gasteiger partial charge in [-0.25, -0.2) is 4.79 Å². The fraction of sp³-hybridized carbons (Fsp3) is 0.556. The molecule has 8 nitrogen and oxygen atoms in total. The normalized spacial score (nSPS) is 12.4. The second kappa shape index (κ2) is 5.78. The lowest BCUT2D eigenvalue weighted by Crippen LogP contribution is -2.43. The Bertz CT molecular complexity index is 564. The molecule has 0 aromatic carbocycles. The van der Waals surface area contributed by atoms with E-state index in [1.54, 1.807) is 6.92 Å². The van der Waals surface area contributed by atoms with Crippen LogP contribution in [0.5, 0.6) is 0 Å². The van der Waals surface area contributed by atoms with Crippen LogP contribution in [0.25, 0.3) is 0 Å². The third kappa shape index (κ3) is 2.77. The van der Waals surface area contributed by atoms with E-state index in [1.165, 1.54) is 0 Å². The fourth-order valence-electron chi connectivity index (χ4n) is 1.41. The van der Waals surface area contributed by atoms with Crippen molar-refractivity contribution in [1.29, 1.82) is 0 Å². The molecule has 0 amide bonds. The first kappa shape index (κ1) is 14.4. The van der Waals surface area contributed by atoms with Gasteiger partial charge in [0.1, 0.15) is 0 Å². The summed E-state index contributed by atoms with van der Waals surface area (Å²) in [5, 5.41) is 20.0. The van der Waals surface area contributed by atoms with Crippen molar-refractivity contribution in [3.05, 3.63) is 37.1 Å². The Labute approximate surface area is 106 Å². The number of aliphatic hydroxyl groups is 1. The largest absolute Gasteiger partial charge is 0.390 e. The zero-order chi connectivity index (χ0) is 13.9. The first-order valence-corrected chi connectivity index (χ1v) is 5.68. The lowest BCUT2D eigenvalue weighted by atomic mass is 10.4. The van der Waals surface area contributed by atoms with Crippen LogP contribution >= 0.6 is 11.6 Å². The molecule has 18 heavy (non-hydrogen) atoms. The van der Waals surface area contributed by atoms with Gasteiger partial charge in [-0.3, -0.25) is 24.0 Å². The number of nitro groups is 1. The predicted octanol–water partition coefficient (Wildman–Crippen LogP) is -0.462. The molecule has 1 aromatic heterocycles. The standard InChI is InChI=1S/C9H12ClN3O5/c1-2-11-5-7(13(17)18)8(15)12(9(11)16)4-6(14)3-10/h5-6,14H,2-4H2,1H3. The minimum absolute atomic E-state index is 0.178. The van der Waals surface area contributed by atoms with Crippen LogP contribution in [0.1, 0.15) is 6.92 Å². The molecule has 1 atom stereocenters. The summed E-state index contributed by atoms with van der Waals surface area (Å²) < 4.78 is 1.65. The number of halogens is 1. The van der Waals surface area contributed by atoms with Gasteiger partial charge in [0.2, 0.25) is 0 Å². The smallest absolute Gasteiger partial charge is 0.350 e. The average molecular weight is 278 g/mol. The van der Waals surface area contributed by atoms with Crippen molar-refractivity contribution in [3.8, 4) is 0 Å².